The van der Waals surface area contributed by atoms with Gasteiger partial charge in [0.25, 0.3) is 0 Å². The molecule has 0 radical (unpaired) electrons. The van der Waals surface area contributed by atoms with E-state index in [1.807, 2.05) is 25.5 Å². The maximum absolute atomic E-state index is 13.1. The minimum absolute atomic E-state index is 0.108. The molecule has 4 unspecified atom stereocenters. The topological polar surface area (TPSA) is 71.1 Å². The van der Waals surface area contributed by atoms with Gasteiger partial charge in [-0.3, -0.25) is 14.7 Å². The van der Waals surface area contributed by atoms with Crippen molar-refractivity contribution in [2.45, 2.75) is 51.0 Å². The lowest BCUT2D eigenvalue weighted by Gasteiger charge is -2.41. The minimum Gasteiger partial charge on any atom is -0.384 e. The van der Waals surface area contributed by atoms with Crippen molar-refractivity contribution < 1.29 is 9.53 Å². The molecule has 1 saturated carbocycles. The van der Waals surface area contributed by atoms with Crippen LogP contribution in [0.4, 0.5) is 0 Å². The molecule has 1 aliphatic carbocycles. The zero-order chi connectivity index (χ0) is 21.4. The Balaban J connectivity index is 1.45. The number of Topliss-reactive ketones (excluding diaryl/α,β-unsaturated/α-hetero) is 1. The van der Waals surface area contributed by atoms with E-state index in [0.29, 0.717) is 30.1 Å². The van der Waals surface area contributed by atoms with Crippen LogP contribution in [0.25, 0.3) is 21.9 Å². The summed E-state index contributed by atoms with van der Waals surface area (Å²) in [5.41, 5.74) is 3.16. The molecule has 164 valence electrons. The summed E-state index contributed by atoms with van der Waals surface area (Å²) in [6.07, 6.45) is 10.6. The Labute approximate surface area is 183 Å². The number of carbonyl (C=O) groups excluding carboxylic acids is 1. The Kier molecular flexibility index (Phi) is 5.76. The number of carbonyl (C=O) groups is 1. The molecular formula is C25H32N4O2. The zero-order valence-electron chi connectivity index (χ0n) is 18.5. The summed E-state index contributed by atoms with van der Waals surface area (Å²) in [5, 5.41) is 2.32. The van der Waals surface area contributed by atoms with Crippen LogP contribution in [0, 0.1) is 11.8 Å². The molecule has 1 N–H and O–H groups in total. The quantitative estimate of drug-likeness (QED) is 0.643. The smallest absolute Gasteiger partial charge is 0.137 e. The monoisotopic (exact) mass is 420 g/mol. The number of rotatable bonds is 6. The third kappa shape index (κ3) is 3.76. The molecule has 1 aliphatic heterocycles. The van der Waals surface area contributed by atoms with E-state index < -0.39 is 0 Å². The molecule has 4 atom stereocenters. The Bertz CT molecular complexity index is 1080. The number of aromatic amines is 1. The van der Waals surface area contributed by atoms with Crippen molar-refractivity contribution in [1.82, 2.24) is 19.9 Å². The van der Waals surface area contributed by atoms with Gasteiger partial charge in [0.15, 0.2) is 0 Å². The van der Waals surface area contributed by atoms with Gasteiger partial charge in [-0.25, -0.2) is 4.98 Å². The van der Waals surface area contributed by atoms with Gasteiger partial charge in [0, 0.05) is 55.2 Å². The molecular weight excluding hydrogens is 388 g/mol. The summed E-state index contributed by atoms with van der Waals surface area (Å²) in [6.45, 7) is 4.98. The standard InChI is InChI=1S/C25H32N4O2/c1-3-23(30)20-12-17(4-5-22(20)29-11-8-16(14-29)15-31-2)18-6-9-26-21-13-28-25-19(24(18)21)7-10-27-25/h6-7,9-10,13,16-17,20,22H,3-5,8,11-12,14-15H2,1-2H3,(H,27,28). The first kappa shape index (κ1) is 20.6. The summed E-state index contributed by atoms with van der Waals surface area (Å²) >= 11 is 0. The van der Waals surface area contributed by atoms with Crippen LogP contribution in [0.1, 0.15) is 50.5 Å². The fourth-order valence-electron chi connectivity index (χ4n) is 6.04. The van der Waals surface area contributed by atoms with Crippen LogP contribution < -0.4 is 0 Å². The van der Waals surface area contributed by atoms with Crippen molar-refractivity contribution in [3.05, 3.63) is 36.3 Å². The van der Waals surface area contributed by atoms with Gasteiger partial charge in [-0.15, -0.1) is 0 Å². The van der Waals surface area contributed by atoms with Gasteiger partial charge in [-0.2, -0.15) is 0 Å². The fraction of sp³-hybridized carbons (Fsp3) is 0.560. The first-order valence-electron chi connectivity index (χ1n) is 11.7. The molecule has 0 amide bonds. The maximum Gasteiger partial charge on any atom is 0.137 e. The van der Waals surface area contributed by atoms with Crippen LogP contribution in [0.15, 0.2) is 30.7 Å². The highest BCUT2D eigenvalue weighted by atomic mass is 16.5. The molecule has 2 fully saturated rings. The van der Waals surface area contributed by atoms with E-state index in [2.05, 4.69) is 32.0 Å². The first-order valence-corrected chi connectivity index (χ1v) is 11.7. The Morgan fingerprint density at radius 1 is 1.26 bits per heavy atom. The number of ether oxygens (including phenoxy) is 1. The lowest BCUT2D eigenvalue weighted by Crippen LogP contribution is -2.45. The van der Waals surface area contributed by atoms with E-state index in [-0.39, 0.29) is 5.92 Å². The summed E-state index contributed by atoms with van der Waals surface area (Å²) in [4.78, 5) is 28.0. The van der Waals surface area contributed by atoms with Gasteiger partial charge in [0.1, 0.15) is 11.4 Å². The molecule has 3 aromatic heterocycles. The van der Waals surface area contributed by atoms with Crippen molar-refractivity contribution in [1.29, 1.82) is 0 Å². The maximum atomic E-state index is 13.1. The number of methoxy groups -OCH3 is 1. The van der Waals surface area contributed by atoms with Crippen molar-refractivity contribution in [3.63, 3.8) is 0 Å². The van der Waals surface area contributed by atoms with Crippen molar-refractivity contribution in [2.24, 2.45) is 11.8 Å². The molecule has 4 heterocycles. The largest absolute Gasteiger partial charge is 0.384 e. The van der Waals surface area contributed by atoms with Gasteiger partial charge in [0.05, 0.1) is 18.3 Å². The third-order valence-electron chi connectivity index (χ3n) is 7.53. The molecule has 6 nitrogen and oxygen atoms in total. The number of H-pyrrole nitrogens is 1. The van der Waals surface area contributed by atoms with Crippen LogP contribution in [-0.2, 0) is 9.53 Å². The van der Waals surface area contributed by atoms with Crippen molar-refractivity contribution in [2.75, 3.05) is 26.8 Å². The number of hydrogen-bond donors (Lipinski definition) is 1. The second kappa shape index (κ2) is 8.67. The SMILES string of the molecule is CCC(=O)C1CC(c2ccnc3cnc4[nH]ccc4c23)CCC1N1CCC(COC)C1. The lowest BCUT2D eigenvalue weighted by atomic mass is 9.72. The van der Waals surface area contributed by atoms with Crippen LogP contribution >= 0.6 is 0 Å². The van der Waals surface area contributed by atoms with Gasteiger partial charge in [-0.1, -0.05) is 6.92 Å². The van der Waals surface area contributed by atoms with Gasteiger partial charge in [-0.05, 0) is 61.8 Å². The number of hydrogen-bond acceptors (Lipinski definition) is 5. The Morgan fingerprint density at radius 3 is 3.00 bits per heavy atom. The molecule has 0 spiro atoms. The minimum atomic E-state index is 0.108. The average molecular weight is 421 g/mol. The Hall–Kier alpha value is -2.31. The molecule has 1 saturated heterocycles. The van der Waals surface area contributed by atoms with Crippen LogP contribution in [-0.4, -0.2) is 58.5 Å². The molecule has 2 aliphatic rings. The van der Waals surface area contributed by atoms with E-state index in [1.165, 1.54) is 17.4 Å². The first-order chi connectivity index (χ1) is 15.2. The normalized spacial score (nSPS) is 27.3. The van der Waals surface area contributed by atoms with Gasteiger partial charge < -0.3 is 9.72 Å². The number of nitrogens with one attached hydrogen (secondary N) is 1. The second-order valence-corrected chi connectivity index (χ2v) is 9.27. The van der Waals surface area contributed by atoms with E-state index in [1.54, 1.807) is 7.11 Å². The van der Waals surface area contributed by atoms with E-state index in [9.17, 15) is 4.79 Å². The van der Waals surface area contributed by atoms with E-state index >= 15 is 0 Å². The molecule has 5 rings (SSSR count). The third-order valence-corrected chi connectivity index (χ3v) is 7.53. The lowest BCUT2D eigenvalue weighted by molar-refractivity contribution is -0.126. The predicted molar refractivity (Wildman–Crippen MR) is 122 cm³/mol. The Morgan fingerprint density at radius 2 is 2.16 bits per heavy atom. The highest BCUT2D eigenvalue weighted by Gasteiger charge is 2.40. The van der Waals surface area contributed by atoms with E-state index in [4.69, 9.17) is 4.74 Å². The highest BCUT2D eigenvalue weighted by Crippen LogP contribution is 2.43. The number of ketones is 1. The number of aromatic nitrogens is 3. The predicted octanol–water partition coefficient (Wildman–Crippen LogP) is 4.31. The molecule has 0 bridgehead atoms. The summed E-state index contributed by atoms with van der Waals surface area (Å²) < 4.78 is 5.39. The highest BCUT2D eigenvalue weighted by molar-refractivity contribution is 6.05. The van der Waals surface area contributed by atoms with Gasteiger partial charge >= 0.3 is 0 Å². The zero-order valence-corrected chi connectivity index (χ0v) is 18.5. The summed E-state index contributed by atoms with van der Waals surface area (Å²) in [5.74, 6) is 1.49. The van der Waals surface area contributed by atoms with E-state index in [0.717, 1.165) is 55.5 Å². The summed E-state index contributed by atoms with van der Waals surface area (Å²) in [6, 6.07) is 4.63. The number of fused-ring (bicyclic) bond motifs is 3. The molecule has 31 heavy (non-hydrogen) atoms. The van der Waals surface area contributed by atoms with Crippen LogP contribution in [0.5, 0.6) is 0 Å². The molecule has 6 heteroatoms. The number of pyridine rings is 2. The average Bonchev–Trinajstić information content (AvgIpc) is 3.47. The van der Waals surface area contributed by atoms with Crippen molar-refractivity contribution >= 4 is 27.7 Å². The number of likely N-dealkylation sites (tertiary alicyclic amines) is 1. The molecule has 0 aromatic carbocycles. The van der Waals surface area contributed by atoms with Crippen LogP contribution in [0.3, 0.4) is 0 Å². The number of nitrogens with zero attached hydrogens (tertiary/aromatic N) is 3. The fourth-order valence-corrected chi connectivity index (χ4v) is 6.04. The second-order valence-electron chi connectivity index (χ2n) is 9.27. The van der Waals surface area contributed by atoms with Crippen molar-refractivity contribution in [3.8, 4) is 0 Å². The van der Waals surface area contributed by atoms with Gasteiger partial charge in [0.2, 0.25) is 0 Å². The van der Waals surface area contributed by atoms with Crippen LogP contribution in [0.2, 0.25) is 0 Å². The summed E-state index contributed by atoms with van der Waals surface area (Å²) in [7, 11) is 1.79. The molecule has 3 aromatic rings.